The van der Waals surface area contributed by atoms with Gasteiger partial charge in [0.05, 0.1) is 26.2 Å². The van der Waals surface area contributed by atoms with Crippen molar-refractivity contribution in [3.63, 3.8) is 0 Å². The van der Waals surface area contributed by atoms with Gasteiger partial charge in [0.2, 0.25) is 0 Å². The van der Waals surface area contributed by atoms with Crippen molar-refractivity contribution in [1.29, 1.82) is 0 Å². The fourth-order valence-corrected chi connectivity index (χ4v) is 1.37. The Morgan fingerprint density at radius 1 is 1.67 bits per heavy atom. The molecule has 0 N–H and O–H groups in total. The van der Waals surface area contributed by atoms with Crippen LogP contribution in [0.25, 0.3) is 0 Å². The highest BCUT2D eigenvalue weighted by molar-refractivity contribution is 5.73. The molecule has 1 aliphatic heterocycles. The molecule has 0 bridgehead atoms. The largest absolute Gasteiger partial charge is 0.469 e. The van der Waals surface area contributed by atoms with Gasteiger partial charge >= 0.3 is 5.97 Å². The topological polar surface area (TPSA) is 52.6 Å². The van der Waals surface area contributed by atoms with Crippen molar-refractivity contribution < 1.29 is 19.1 Å². The highest BCUT2D eigenvalue weighted by Crippen LogP contribution is 2.23. The third-order valence-corrected chi connectivity index (χ3v) is 2.10. The van der Waals surface area contributed by atoms with Crippen LogP contribution in [0.4, 0.5) is 0 Å². The second-order valence-corrected chi connectivity index (χ2v) is 2.83. The Balaban J connectivity index is 2.50. The van der Waals surface area contributed by atoms with Crippen LogP contribution in [0.3, 0.4) is 0 Å². The maximum Gasteiger partial charge on any atom is 0.311 e. The lowest BCUT2D eigenvalue weighted by Crippen LogP contribution is -2.23. The number of methoxy groups -OCH3 is 1. The van der Waals surface area contributed by atoms with Gasteiger partial charge in [-0.05, 0) is 0 Å². The van der Waals surface area contributed by atoms with Crippen molar-refractivity contribution in [2.24, 2.45) is 11.8 Å². The van der Waals surface area contributed by atoms with Crippen LogP contribution in [0.2, 0.25) is 0 Å². The van der Waals surface area contributed by atoms with E-state index in [2.05, 4.69) is 4.74 Å². The van der Waals surface area contributed by atoms with E-state index >= 15 is 0 Å². The minimum absolute atomic E-state index is 0.00921. The van der Waals surface area contributed by atoms with Crippen molar-refractivity contribution in [3.05, 3.63) is 0 Å². The van der Waals surface area contributed by atoms with Crippen LogP contribution in [-0.2, 0) is 19.1 Å². The van der Waals surface area contributed by atoms with E-state index in [4.69, 9.17) is 4.74 Å². The van der Waals surface area contributed by atoms with Crippen LogP contribution in [0.1, 0.15) is 6.42 Å². The molecule has 0 amide bonds. The standard InChI is InChI=1S/C8H12O4/c1-11-8(10)7-5-12-4-6(7)2-3-9/h3,6-7H,2,4-5H2,1H3. The molecule has 2 atom stereocenters. The third kappa shape index (κ3) is 1.82. The first-order valence-corrected chi connectivity index (χ1v) is 3.88. The van der Waals surface area contributed by atoms with Gasteiger partial charge in [0.25, 0.3) is 0 Å². The molecule has 1 aliphatic rings. The molecule has 0 aromatic rings. The van der Waals surface area contributed by atoms with Crippen molar-refractivity contribution in [2.75, 3.05) is 20.3 Å². The van der Waals surface area contributed by atoms with Gasteiger partial charge in [-0.2, -0.15) is 0 Å². The number of carbonyl (C=O) groups is 2. The smallest absolute Gasteiger partial charge is 0.311 e. The molecule has 0 radical (unpaired) electrons. The number of hydrogen-bond acceptors (Lipinski definition) is 4. The van der Waals surface area contributed by atoms with Crippen molar-refractivity contribution in [3.8, 4) is 0 Å². The van der Waals surface area contributed by atoms with Crippen LogP contribution in [0.15, 0.2) is 0 Å². The molecule has 1 fully saturated rings. The quantitative estimate of drug-likeness (QED) is 0.444. The lowest BCUT2D eigenvalue weighted by molar-refractivity contribution is -0.146. The van der Waals surface area contributed by atoms with E-state index in [0.717, 1.165) is 6.29 Å². The van der Waals surface area contributed by atoms with E-state index in [1.807, 2.05) is 0 Å². The molecular weight excluding hydrogens is 160 g/mol. The molecule has 12 heavy (non-hydrogen) atoms. The fourth-order valence-electron chi connectivity index (χ4n) is 1.37. The first kappa shape index (κ1) is 9.19. The molecule has 2 unspecified atom stereocenters. The van der Waals surface area contributed by atoms with Crippen LogP contribution >= 0.6 is 0 Å². The van der Waals surface area contributed by atoms with Crippen molar-refractivity contribution in [1.82, 2.24) is 0 Å². The van der Waals surface area contributed by atoms with Gasteiger partial charge in [-0.15, -0.1) is 0 Å². The van der Waals surface area contributed by atoms with E-state index in [9.17, 15) is 9.59 Å². The predicted octanol–water partition coefficient (Wildman–Crippen LogP) is 0.0110. The minimum Gasteiger partial charge on any atom is -0.469 e. The van der Waals surface area contributed by atoms with Crippen LogP contribution in [0.5, 0.6) is 0 Å². The highest BCUT2D eigenvalue weighted by atomic mass is 16.5. The summed E-state index contributed by atoms with van der Waals surface area (Å²) in [6, 6.07) is 0. The molecule has 1 saturated heterocycles. The molecule has 1 rings (SSSR count). The Morgan fingerprint density at radius 2 is 2.42 bits per heavy atom. The minimum atomic E-state index is -0.278. The van der Waals surface area contributed by atoms with Crippen LogP contribution in [0, 0.1) is 11.8 Å². The van der Waals surface area contributed by atoms with Crippen molar-refractivity contribution in [2.45, 2.75) is 6.42 Å². The summed E-state index contributed by atoms with van der Waals surface area (Å²) in [6.45, 7) is 0.865. The first-order valence-electron chi connectivity index (χ1n) is 3.88. The molecule has 1 heterocycles. The SMILES string of the molecule is COC(=O)C1COCC1CC=O. The monoisotopic (exact) mass is 172 g/mol. The summed E-state index contributed by atoms with van der Waals surface area (Å²) in [4.78, 5) is 21.3. The molecule has 0 saturated carbocycles. The average molecular weight is 172 g/mol. The summed E-state index contributed by atoms with van der Waals surface area (Å²) in [5, 5.41) is 0. The number of aldehydes is 1. The molecule has 4 heteroatoms. The maximum absolute atomic E-state index is 11.1. The summed E-state index contributed by atoms with van der Waals surface area (Å²) < 4.78 is 9.66. The van der Waals surface area contributed by atoms with E-state index < -0.39 is 0 Å². The predicted molar refractivity (Wildman–Crippen MR) is 40.5 cm³/mol. The van der Waals surface area contributed by atoms with Gasteiger partial charge in [0.1, 0.15) is 6.29 Å². The number of rotatable bonds is 3. The Bertz CT molecular complexity index is 178. The number of esters is 1. The van der Waals surface area contributed by atoms with Gasteiger partial charge in [-0.3, -0.25) is 4.79 Å². The Morgan fingerprint density at radius 3 is 3.00 bits per heavy atom. The summed E-state index contributed by atoms with van der Waals surface area (Å²) in [7, 11) is 1.35. The van der Waals surface area contributed by atoms with Gasteiger partial charge < -0.3 is 14.3 Å². The Hall–Kier alpha value is -0.900. The summed E-state index contributed by atoms with van der Waals surface area (Å²) in [5.41, 5.74) is 0. The fraction of sp³-hybridized carbons (Fsp3) is 0.750. The van der Waals surface area contributed by atoms with E-state index in [0.29, 0.717) is 19.6 Å². The summed E-state index contributed by atoms with van der Waals surface area (Å²) >= 11 is 0. The second-order valence-electron chi connectivity index (χ2n) is 2.83. The number of ether oxygens (including phenoxy) is 2. The number of hydrogen-bond donors (Lipinski definition) is 0. The zero-order valence-corrected chi connectivity index (χ0v) is 6.99. The number of carbonyl (C=O) groups excluding carboxylic acids is 2. The first-order chi connectivity index (χ1) is 5.79. The molecule has 68 valence electrons. The molecule has 0 aromatic heterocycles. The van der Waals surface area contributed by atoms with Gasteiger partial charge in [-0.1, -0.05) is 0 Å². The third-order valence-electron chi connectivity index (χ3n) is 2.10. The zero-order valence-electron chi connectivity index (χ0n) is 6.99. The second kappa shape index (κ2) is 4.21. The molecule has 0 aliphatic carbocycles. The Labute approximate surface area is 70.8 Å². The van der Waals surface area contributed by atoms with Gasteiger partial charge in [0, 0.05) is 12.3 Å². The zero-order chi connectivity index (χ0) is 8.97. The summed E-state index contributed by atoms with van der Waals surface area (Å²) in [6.07, 6.45) is 1.19. The molecule has 0 aromatic carbocycles. The van der Waals surface area contributed by atoms with Gasteiger partial charge in [0.15, 0.2) is 0 Å². The van der Waals surface area contributed by atoms with E-state index in [1.165, 1.54) is 7.11 Å². The Kier molecular flexibility index (Phi) is 3.22. The molecular formula is C8H12O4. The average Bonchev–Trinajstić information content (AvgIpc) is 2.52. The molecule has 0 spiro atoms. The normalized spacial score (nSPS) is 28.4. The van der Waals surface area contributed by atoms with Gasteiger partial charge in [-0.25, -0.2) is 0 Å². The summed E-state index contributed by atoms with van der Waals surface area (Å²) in [5.74, 6) is -0.519. The highest BCUT2D eigenvalue weighted by Gasteiger charge is 2.34. The maximum atomic E-state index is 11.1. The lowest BCUT2D eigenvalue weighted by atomic mass is 9.94. The lowest BCUT2D eigenvalue weighted by Gasteiger charge is -2.11. The van der Waals surface area contributed by atoms with E-state index in [1.54, 1.807) is 0 Å². The van der Waals surface area contributed by atoms with E-state index in [-0.39, 0.29) is 17.8 Å². The molecule has 4 nitrogen and oxygen atoms in total. The van der Waals surface area contributed by atoms with Crippen LogP contribution in [-0.4, -0.2) is 32.6 Å². The van der Waals surface area contributed by atoms with Crippen LogP contribution < -0.4 is 0 Å². The van der Waals surface area contributed by atoms with Crippen molar-refractivity contribution >= 4 is 12.3 Å².